The molecule has 114 valence electrons. The van der Waals surface area contributed by atoms with Crippen molar-refractivity contribution >= 4 is 15.9 Å². The second-order valence-electron chi connectivity index (χ2n) is 5.71. The van der Waals surface area contributed by atoms with E-state index in [2.05, 4.69) is 14.6 Å². The van der Waals surface area contributed by atoms with Crippen LogP contribution in [0.4, 0.5) is 0 Å². The summed E-state index contributed by atoms with van der Waals surface area (Å²) in [4.78, 5) is 2.47. The molecule has 1 aromatic carbocycles. The Labute approximate surface area is 126 Å². The van der Waals surface area contributed by atoms with E-state index in [-0.39, 0.29) is 0 Å². The van der Waals surface area contributed by atoms with Gasteiger partial charge in [-0.25, -0.2) is 0 Å². The molecule has 1 N–H and O–H groups in total. The summed E-state index contributed by atoms with van der Waals surface area (Å²) in [6.07, 6.45) is 3.39. The lowest BCUT2D eigenvalue weighted by Crippen LogP contribution is -2.38. The van der Waals surface area contributed by atoms with Gasteiger partial charge in [-0.3, -0.25) is 0 Å². The lowest BCUT2D eigenvalue weighted by Gasteiger charge is -2.33. The quantitative estimate of drug-likeness (QED) is 0.918. The monoisotopic (exact) mass is 307 g/mol. The Morgan fingerprint density at radius 3 is 2.71 bits per heavy atom. The van der Waals surface area contributed by atoms with Crippen LogP contribution in [0.1, 0.15) is 24.8 Å². The topological polar surface area (TPSA) is 61.8 Å². The third kappa shape index (κ3) is 2.82. The number of benzene rings is 1. The average Bonchev–Trinajstić information content (AvgIpc) is 2.78. The lowest BCUT2D eigenvalue weighted by atomic mass is 9.93. The standard InChI is InChI=1S/C15H21N3O2S/c1-16-9-6-12-7-10-18(11-8-12)15-13-4-2-3-5-14(13)21(19,20)17-15/h2-5,12,16H,6-11H2,1H3. The molecule has 1 saturated heterocycles. The molecule has 5 nitrogen and oxygen atoms in total. The first kappa shape index (κ1) is 14.5. The predicted octanol–water partition coefficient (Wildman–Crippen LogP) is 1.46. The van der Waals surface area contributed by atoms with Crippen molar-refractivity contribution in [3.05, 3.63) is 29.8 Å². The van der Waals surface area contributed by atoms with Gasteiger partial charge in [0.1, 0.15) is 4.90 Å². The highest BCUT2D eigenvalue weighted by molar-refractivity contribution is 7.90. The average molecular weight is 307 g/mol. The minimum absolute atomic E-state index is 0.345. The molecule has 0 amide bonds. The van der Waals surface area contributed by atoms with Gasteiger partial charge in [0.25, 0.3) is 10.0 Å². The molecular weight excluding hydrogens is 286 g/mol. The number of likely N-dealkylation sites (tertiary alicyclic amines) is 1. The number of sulfonamides is 1. The molecule has 0 bridgehead atoms. The number of fused-ring (bicyclic) bond motifs is 1. The molecule has 0 unspecified atom stereocenters. The van der Waals surface area contributed by atoms with Gasteiger partial charge in [-0.05, 0) is 50.9 Å². The van der Waals surface area contributed by atoms with Crippen LogP contribution in [-0.4, -0.2) is 45.8 Å². The summed E-state index contributed by atoms with van der Waals surface area (Å²) in [5, 5.41) is 3.19. The van der Waals surface area contributed by atoms with E-state index in [9.17, 15) is 8.42 Å². The molecule has 0 saturated carbocycles. The van der Waals surface area contributed by atoms with E-state index >= 15 is 0 Å². The van der Waals surface area contributed by atoms with Crippen molar-refractivity contribution in [2.24, 2.45) is 10.3 Å². The van der Waals surface area contributed by atoms with Crippen LogP contribution >= 0.6 is 0 Å². The van der Waals surface area contributed by atoms with Crippen molar-refractivity contribution in [2.45, 2.75) is 24.2 Å². The summed E-state index contributed by atoms with van der Waals surface area (Å²) >= 11 is 0. The summed E-state index contributed by atoms with van der Waals surface area (Å²) in [6.45, 7) is 2.82. The van der Waals surface area contributed by atoms with Gasteiger partial charge in [0.05, 0.1) is 0 Å². The molecule has 1 fully saturated rings. The fraction of sp³-hybridized carbons (Fsp3) is 0.533. The van der Waals surface area contributed by atoms with Gasteiger partial charge in [0.15, 0.2) is 5.84 Å². The minimum atomic E-state index is -3.50. The molecule has 3 rings (SSSR count). The van der Waals surface area contributed by atoms with Crippen molar-refractivity contribution in [2.75, 3.05) is 26.7 Å². The Morgan fingerprint density at radius 1 is 1.29 bits per heavy atom. The Hall–Kier alpha value is -1.40. The molecule has 0 spiro atoms. The van der Waals surface area contributed by atoms with E-state index in [1.807, 2.05) is 19.2 Å². The van der Waals surface area contributed by atoms with Crippen LogP contribution in [0.2, 0.25) is 0 Å². The minimum Gasteiger partial charge on any atom is -0.355 e. The first-order valence-electron chi connectivity index (χ1n) is 7.46. The number of amidine groups is 1. The van der Waals surface area contributed by atoms with Gasteiger partial charge in [-0.2, -0.15) is 8.42 Å². The largest absolute Gasteiger partial charge is 0.355 e. The zero-order valence-corrected chi connectivity index (χ0v) is 13.1. The van der Waals surface area contributed by atoms with Crippen LogP contribution in [0, 0.1) is 5.92 Å². The number of hydrogen-bond donors (Lipinski definition) is 1. The second kappa shape index (κ2) is 5.77. The van der Waals surface area contributed by atoms with Gasteiger partial charge in [-0.15, -0.1) is 4.40 Å². The highest BCUT2D eigenvalue weighted by Crippen LogP contribution is 2.30. The molecule has 2 aliphatic heterocycles. The van der Waals surface area contributed by atoms with Gasteiger partial charge in [0.2, 0.25) is 0 Å². The third-order valence-corrected chi connectivity index (χ3v) is 5.65. The summed E-state index contributed by atoms with van der Waals surface area (Å²) in [7, 11) is -1.52. The van der Waals surface area contributed by atoms with Crippen LogP contribution in [0.25, 0.3) is 0 Å². The Balaban J connectivity index is 1.75. The van der Waals surface area contributed by atoms with Crippen molar-refractivity contribution in [1.29, 1.82) is 0 Å². The van der Waals surface area contributed by atoms with Crippen LogP contribution in [0.15, 0.2) is 33.6 Å². The van der Waals surface area contributed by atoms with Gasteiger partial charge >= 0.3 is 0 Å². The lowest BCUT2D eigenvalue weighted by molar-refractivity contribution is 0.256. The highest BCUT2D eigenvalue weighted by Gasteiger charge is 2.32. The molecule has 1 aromatic rings. The zero-order chi connectivity index (χ0) is 14.9. The Morgan fingerprint density at radius 2 is 2.00 bits per heavy atom. The van der Waals surface area contributed by atoms with Crippen LogP contribution in [0.5, 0.6) is 0 Å². The molecule has 6 heteroatoms. The molecule has 21 heavy (non-hydrogen) atoms. The molecule has 2 heterocycles. The normalized spacial score (nSPS) is 21.2. The summed E-state index contributed by atoms with van der Waals surface area (Å²) in [5.41, 5.74) is 0.756. The SMILES string of the molecule is CNCCC1CCN(C2=NS(=O)(=O)c3ccccc32)CC1. The van der Waals surface area contributed by atoms with E-state index < -0.39 is 10.0 Å². The van der Waals surface area contributed by atoms with Crippen molar-refractivity contribution < 1.29 is 8.42 Å². The third-order valence-electron chi connectivity index (χ3n) is 4.33. The van der Waals surface area contributed by atoms with Gasteiger partial charge in [-0.1, -0.05) is 12.1 Å². The molecule has 0 radical (unpaired) electrons. The maximum absolute atomic E-state index is 12.1. The van der Waals surface area contributed by atoms with Crippen molar-refractivity contribution in [3.8, 4) is 0 Å². The molecule has 0 atom stereocenters. The van der Waals surface area contributed by atoms with Crippen molar-refractivity contribution in [3.63, 3.8) is 0 Å². The molecule has 0 aromatic heterocycles. The van der Waals surface area contributed by atoms with E-state index in [0.29, 0.717) is 10.7 Å². The first-order chi connectivity index (χ1) is 10.1. The smallest absolute Gasteiger partial charge is 0.285 e. The van der Waals surface area contributed by atoms with E-state index in [1.165, 1.54) is 6.42 Å². The van der Waals surface area contributed by atoms with E-state index in [4.69, 9.17) is 0 Å². The van der Waals surface area contributed by atoms with Gasteiger partial charge in [0, 0.05) is 18.7 Å². The van der Waals surface area contributed by atoms with E-state index in [0.717, 1.165) is 44.0 Å². The molecular formula is C15H21N3O2S. The predicted molar refractivity (Wildman–Crippen MR) is 83.0 cm³/mol. The summed E-state index contributed by atoms with van der Waals surface area (Å²) in [6, 6.07) is 7.11. The van der Waals surface area contributed by atoms with Crippen LogP contribution in [-0.2, 0) is 10.0 Å². The second-order valence-corrected chi connectivity index (χ2v) is 7.28. The maximum atomic E-state index is 12.1. The maximum Gasteiger partial charge on any atom is 0.285 e. The molecule has 0 aliphatic carbocycles. The Bertz CT molecular complexity index is 647. The fourth-order valence-corrected chi connectivity index (χ4v) is 4.33. The highest BCUT2D eigenvalue weighted by atomic mass is 32.2. The summed E-state index contributed by atoms with van der Waals surface area (Å²) in [5.74, 6) is 1.36. The van der Waals surface area contributed by atoms with Crippen molar-refractivity contribution in [1.82, 2.24) is 10.2 Å². The number of hydrogen-bond acceptors (Lipinski definition) is 4. The number of piperidine rings is 1. The molecule has 2 aliphatic rings. The summed E-state index contributed by atoms with van der Waals surface area (Å²) < 4.78 is 28.2. The van der Waals surface area contributed by atoms with E-state index in [1.54, 1.807) is 12.1 Å². The number of rotatable bonds is 3. The number of nitrogens with one attached hydrogen (secondary N) is 1. The fourth-order valence-electron chi connectivity index (χ4n) is 3.10. The first-order valence-corrected chi connectivity index (χ1v) is 8.90. The van der Waals surface area contributed by atoms with Crippen LogP contribution < -0.4 is 5.32 Å². The Kier molecular flexibility index (Phi) is 3.99. The zero-order valence-electron chi connectivity index (χ0n) is 12.2. The van der Waals surface area contributed by atoms with Gasteiger partial charge < -0.3 is 10.2 Å². The van der Waals surface area contributed by atoms with Crippen LogP contribution in [0.3, 0.4) is 0 Å². The number of nitrogens with zero attached hydrogens (tertiary/aromatic N) is 2.